The van der Waals surface area contributed by atoms with Crippen molar-refractivity contribution in [2.24, 2.45) is 29.6 Å². The highest BCUT2D eigenvalue weighted by Crippen LogP contribution is 2.52. The summed E-state index contributed by atoms with van der Waals surface area (Å²) in [6, 6.07) is 16.6. The fraction of sp³-hybridized carbons (Fsp3) is 0.464. The van der Waals surface area contributed by atoms with Crippen LogP contribution in [0.25, 0.3) is 11.1 Å². The molecular weight excluding hydrogens is 444 g/mol. The van der Waals surface area contributed by atoms with Gasteiger partial charge in [0.05, 0.1) is 5.92 Å². The topological polar surface area (TPSA) is 95.9 Å². The summed E-state index contributed by atoms with van der Waals surface area (Å²) in [5.74, 6) is 0.275. The van der Waals surface area contributed by atoms with E-state index < -0.39 is 12.1 Å². The summed E-state index contributed by atoms with van der Waals surface area (Å²) in [5, 5.41) is 12.0. The fourth-order valence-electron chi connectivity index (χ4n) is 6.56. The molecule has 182 valence electrons. The van der Waals surface area contributed by atoms with E-state index in [0.717, 1.165) is 12.8 Å². The first-order valence-electron chi connectivity index (χ1n) is 12.6. The number of nitrogens with one attached hydrogen (secondary N) is 1. The van der Waals surface area contributed by atoms with Crippen LogP contribution in [0.2, 0.25) is 0 Å². The highest BCUT2D eigenvalue weighted by Gasteiger charge is 2.60. The molecule has 7 heteroatoms. The third kappa shape index (κ3) is 4.07. The molecule has 35 heavy (non-hydrogen) atoms. The Hall–Kier alpha value is -3.35. The second-order valence-electron chi connectivity index (χ2n) is 10.6. The summed E-state index contributed by atoms with van der Waals surface area (Å²) >= 11 is 0. The Morgan fingerprint density at radius 2 is 1.51 bits per heavy atom. The van der Waals surface area contributed by atoms with Crippen molar-refractivity contribution in [3.8, 4) is 11.1 Å². The van der Waals surface area contributed by atoms with Crippen LogP contribution in [0.1, 0.15) is 36.3 Å². The minimum Gasteiger partial charge on any atom is -0.481 e. The molecule has 6 rings (SSSR count). The molecule has 1 aliphatic heterocycles. The molecule has 3 aliphatic carbocycles. The number of piperidine rings is 1. The van der Waals surface area contributed by atoms with Crippen molar-refractivity contribution in [2.75, 3.05) is 26.2 Å². The Kier molecular flexibility index (Phi) is 5.50. The van der Waals surface area contributed by atoms with Crippen LogP contribution in [0.3, 0.4) is 0 Å². The van der Waals surface area contributed by atoms with Crippen LogP contribution in [0.4, 0.5) is 4.79 Å². The summed E-state index contributed by atoms with van der Waals surface area (Å²) in [6.07, 6.45) is 1.98. The number of carbonyl (C=O) groups excluding carboxylic acids is 2. The smallest absolute Gasteiger partial charge is 0.407 e. The number of amides is 2. The molecule has 1 saturated heterocycles. The Bertz CT molecular complexity index is 1120. The summed E-state index contributed by atoms with van der Waals surface area (Å²) in [5.41, 5.74) is 4.81. The highest BCUT2D eigenvalue weighted by molar-refractivity contribution is 5.80. The molecule has 0 radical (unpaired) electrons. The average Bonchev–Trinajstić information content (AvgIpc) is 3.19. The molecule has 7 nitrogen and oxygen atoms in total. The number of aliphatic carboxylic acids is 1. The van der Waals surface area contributed by atoms with E-state index in [4.69, 9.17) is 9.84 Å². The van der Waals surface area contributed by atoms with Crippen molar-refractivity contribution in [1.29, 1.82) is 0 Å². The molecule has 2 N–H and O–H groups in total. The van der Waals surface area contributed by atoms with Gasteiger partial charge in [0.15, 0.2) is 0 Å². The van der Waals surface area contributed by atoms with E-state index in [1.165, 1.54) is 22.3 Å². The predicted octanol–water partition coefficient (Wildman–Crippen LogP) is 3.73. The van der Waals surface area contributed by atoms with Gasteiger partial charge in [-0.05, 0) is 58.8 Å². The molecule has 0 spiro atoms. The van der Waals surface area contributed by atoms with Crippen molar-refractivity contribution in [2.45, 2.75) is 25.2 Å². The number of benzene rings is 2. The lowest BCUT2D eigenvalue weighted by Crippen LogP contribution is -2.40. The number of carboxylic acids is 1. The standard InChI is InChI=1S/C28H30N2O5/c31-25(30-13-22-23(14-30)26(22)27(32)33)11-16-9-17(10-16)12-29-28(34)35-15-24-20-7-3-1-5-18(20)19-6-2-4-8-21(19)24/h1-8,16-17,22-24,26H,9-15H2,(H,29,34)(H,32,33)/t16?,17?,22-,23+,26?. The number of ether oxygens (including phenoxy) is 1. The monoisotopic (exact) mass is 474 g/mol. The zero-order valence-corrected chi connectivity index (χ0v) is 19.6. The molecule has 2 saturated carbocycles. The summed E-state index contributed by atoms with van der Waals surface area (Å²) < 4.78 is 5.60. The largest absolute Gasteiger partial charge is 0.481 e. The Morgan fingerprint density at radius 1 is 0.914 bits per heavy atom. The average molecular weight is 475 g/mol. The predicted molar refractivity (Wildman–Crippen MR) is 129 cm³/mol. The summed E-state index contributed by atoms with van der Waals surface area (Å²) in [7, 11) is 0. The van der Waals surface area contributed by atoms with E-state index in [9.17, 15) is 14.4 Å². The first-order valence-corrected chi connectivity index (χ1v) is 12.6. The molecule has 2 aromatic carbocycles. The third-order valence-corrected chi connectivity index (χ3v) is 8.51. The van der Waals surface area contributed by atoms with Crippen molar-refractivity contribution < 1.29 is 24.2 Å². The van der Waals surface area contributed by atoms with E-state index in [2.05, 4.69) is 29.6 Å². The van der Waals surface area contributed by atoms with Crippen LogP contribution in [0.5, 0.6) is 0 Å². The van der Waals surface area contributed by atoms with Crippen molar-refractivity contribution in [3.63, 3.8) is 0 Å². The van der Waals surface area contributed by atoms with E-state index in [1.54, 1.807) is 0 Å². The van der Waals surface area contributed by atoms with Gasteiger partial charge in [-0.3, -0.25) is 9.59 Å². The number of carbonyl (C=O) groups is 3. The van der Waals surface area contributed by atoms with Gasteiger partial charge in [-0.25, -0.2) is 4.79 Å². The van der Waals surface area contributed by atoms with Crippen molar-refractivity contribution in [3.05, 3.63) is 59.7 Å². The number of alkyl carbamates (subject to hydrolysis) is 1. The SMILES string of the molecule is O=C(NCC1CC(CC(=O)N2C[C@@H]3C(C(=O)O)[C@@H]3C2)C1)OCC1c2ccccc2-c2ccccc21. The van der Waals surface area contributed by atoms with Gasteiger partial charge in [0.1, 0.15) is 6.61 Å². The van der Waals surface area contributed by atoms with E-state index in [0.29, 0.717) is 44.5 Å². The highest BCUT2D eigenvalue weighted by atomic mass is 16.5. The Morgan fingerprint density at radius 3 is 2.11 bits per heavy atom. The lowest BCUT2D eigenvalue weighted by atomic mass is 9.73. The number of rotatable bonds is 7. The first-order chi connectivity index (χ1) is 17.0. The van der Waals surface area contributed by atoms with Crippen molar-refractivity contribution in [1.82, 2.24) is 10.2 Å². The molecule has 2 aromatic rings. The number of nitrogens with zero attached hydrogens (tertiary/aromatic N) is 1. The van der Waals surface area contributed by atoms with Gasteiger partial charge in [0.25, 0.3) is 0 Å². The third-order valence-electron chi connectivity index (χ3n) is 8.51. The van der Waals surface area contributed by atoms with Crippen LogP contribution in [-0.2, 0) is 14.3 Å². The van der Waals surface area contributed by atoms with E-state index in [-0.39, 0.29) is 29.6 Å². The molecule has 2 amide bonds. The number of fused-ring (bicyclic) bond motifs is 4. The second-order valence-corrected chi connectivity index (χ2v) is 10.6. The van der Waals surface area contributed by atoms with Crippen LogP contribution in [-0.4, -0.2) is 54.2 Å². The quantitative estimate of drug-likeness (QED) is 0.638. The first kappa shape index (κ1) is 22.1. The zero-order valence-electron chi connectivity index (χ0n) is 19.6. The maximum atomic E-state index is 12.5. The van der Waals surface area contributed by atoms with Gasteiger partial charge in [-0.1, -0.05) is 48.5 Å². The number of hydrogen-bond acceptors (Lipinski definition) is 4. The normalized spacial score (nSPS) is 27.9. The number of likely N-dealkylation sites (tertiary alicyclic amines) is 1. The molecule has 0 aromatic heterocycles. The minimum absolute atomic E-state index is 0.0506. The second kappa shape index (κ2) is 8.70. The van der Waals surface area contributed by atoms with Crippen LogP contribution < -0.4 is 5.32 Å². The zero-order chi connectivity index (χ0) is 24.1. The van der Waals surface area contributed by atoms with Gasteiger partial charge >= 0.3 is 12.1 Å². The van der Waals surface area contributed by atoms with Crippen molar-refractivity contribution >= 4 is 18.0 Å². The molecule has 0 bridgehead atoms. The van der Waals surface area contributed by atoms with E-state index in [1.807, 2.05) is 29.2 Å². The molecule has 4 aliphatic rings. The minimum atomic E-state index is -0.724. The van der Waals surface area contributed by atoms with E-state index >= 15 is 0 Å². The van der Waals surface area contributed by atoms with Crippen LogP contribution in [0.15, 0.2) is 48.5 Å². The number of carboxylic acid groups (broad SMARTS) is 1. The lowest BCUT2D eigenvalue weighted by Gasteiger charge is -2.36. The van der Waals surface area contributed by atoms with Gasteiger partial charge in [0, 0.05) is 32.0 Å². The van der Waals surface area contributed by atoms with Gasteiger partial charge in [-0.2, -0.15) is 0 Å². The molecule has 1 unspecified atom stereocenters. The Labute approximate surface area is 204 Å². The maximum absolute atomic E-state index is 12.5. The Balaban J connectivity index is 0.913. The van der Waals surface area contributed by atoms with Gasteiger partial charge in [-0.15, -0.1) is 0 Å². The summed E-state index contributed by atoms with van der Waals surface area (Å²) in [4.78, 5) is 37.9. The summed E-state index contributed by atoms with van der Waals surface area (Å²) in [6.45, 7) is 2.07. The molecule has 3 fully saturated rings. The molecule has 1 heterocycles. The van der Waals surface area contributed by atoms with Gasteiger partial charge in [0.2, 0.25) is 5.91 Å². The molecule has 3 atom stereocenters. The van der Waals surface area contributed by atoms with Crippen LogP contribution in [0, 0.1) is 29.6 Å². The maximum Gasteiger partial charge on any atom is 0.407 e. The van der Waals surface area contributed by atoms with Crippen LogP contribution >= 0.6 is 0 Å². The van der Waals surface area contributed by atoms with Gasteiger partial charge < -0.3 is 20.1 Å². The molecular formula is C28H30N2O5. The fourth-order valence-corrected chi connectivity index (χ4v) is 6.56. The lowest BCUT2D eigenvalue weighted by molar-refractivity contribution is -0.141. The number of hydrogen-bond donors (Lipinski definition) is 2.